The van der Waals surface area contributed by atoms with Crippen LogP contribution in [0.15, 0.2) is 29.2 Å². The molecule has 0 aromatic carbocycles. The monoisotopic (exact) mass is 459 g/mol. The van der Waals surface area contributed by atoms with Crippen LogP contribution in [-0.4, -0.2) is 76.1 Å². The molecule has 1 amide bonds. The van der Waals surface area contributed by atoms with Gasteiger partial charge in [0, 0.05) is 63.2 Å². The molecule has 2 aliphatic rings. The molecule has 0 unspecified atom stereocenters. The number of hydrogen-bond acceptors (Lipinski definition) is 6. The van der Waals surface area contributed by atoms with E-state index in [1.165, 1.54) is 0 Å². The fourth-order valence-corrected chi connectivity index (χ4v) is 4.93. The number of nitrogens with one attached hydrogen (secondary N) is 1. The average Bonchev–Trinajstić information content (AvgIpc) is 3.13. The Labute approximate surface area is 193 Å². The number of ether oxygens (including phenoxy) is 1. The molecule has 1 saturated heterocycles. The van der Waals surface area contributed by atoms with E-state index in [0.717, 1.165) is 50.7 Å². The molecule has 3 atom stereocenters. The van der Waals surface area contributed by atoms with Crippen LogP contribution in [0.25, 0.3) is 0 Å². The van der Waals surface area contributed by atoms with Gasteiger partial charge in [0.1, 0.15) is 0 Å². The number of amides is 1. The third-order valence-electron chi connectivity index (χ3n) is 6.58. The predicted octanol–water partition coefficient (Wildman–Crippen LogP) is 1.02. The molecule has 2 bridgehead atoms. The second-order valence-electron chi connectivity index (χ2n) is 8.46. The normalized spacial score (nSPS) is 21.5. The highest BCUT2D eigenvalue weighted by Crippen LogP contribution is 2.40. The van der Waals surface area contributed by atoms with Gasteiger partial charge in [0.05, 0.1) is 24.4 Å². The van der Waals surface area contributed by atoms with Gasteiger partial charge in [0.25, 0.3) is 17.9 Å². The number of carbonyl (C=O) groups is 2. The number of carboxylic acid groups (broad SMARTS) is 1. The first-order valence-electron chi connectivity index (χ1n) is 11.3. The second kappa shape index (κ2) is 11.2. The van der Waals surface area contributed by atoms with Crippen molar-refractivity contribution in [3.8, 4) is 0 Å². The van der Waals surface area contributed by atoms with Gasteiger partial charge in [-0.2, -0.15) is 5.10 Å². The first kappa shape index (κ1) is 24.7. The summed E-state index contributed by atoms with van der Waals surface area (Å²) < 4.78 is 9.17. The molecule has 4 heterocycles. The van der Waals surface area contributed by atoms with E-state index in [2.05, 4.69) is 21.4 Å². The van der Waals surface area contributed by atoms with Crippen molar-refractivity contribution in [3.05, 3.63) is 51.7 Å². The summed E-state index contributed by atoms with van der Waals surface area (Å²) in [6.45, 7) is 8.27. The highest BCUT2D eigenvalue weighted by Gasteiger charge is 2.40. The van der Waals surface area contributed by atoms with E-state index in [0.29, 0.717) is 23.9 Å². The van der Waals surface area contributed by atoms with Gasteiger partial charge in [0.2, 0.25) is 0 Å². The maximum Gasteiger partial charge on any atom is 0.290 e. The fraction of sp³-hybridized carbons (Fsp3) is 0.565. The number of aryl methyl sites for hydroxylation is 1. The molecule has 2 aromatic heterocycles. The summed E-state index contributed by atoms with van der Waals surface area (Å²) in [5, 5.41) is 14.1. The SMILES string of the molecule is CCOCCN1C[C@H]2C[C@@H](C1)[C@H](CNC(=O)c1cnn(C)c1C)n1c2cccc1=O.O=CO. The summed E-state index contributed by atoms with van der Waals surface area (Å²) in [6, 6.07) is 5.48. The molecule has 10 heteroatoms. The summed E-state index contributed by atoms with van der Waals surface area (Å²) in [5.41, 5.74) is 2.50. The second-order valence-corrected chi connectivity index (χ2v) is 8.46. The number of piperidine rings is 1. The van der Waals surface area contributed by atoms with Gasteiger partial charge in [-0.25, -0.2) is 0 Å². The van der Waals surface area contributed by atoms with Crippen LogP contribution in [0.5, 0.6) is 0 Å². The van der Waals surface area contributed by atoms with E-state index in [9.17, 15) is 9.59 Å². The number of rotatable bonds is 7. The van der Waals surface area contributed by atoms with Gasteiger partial charge in [0.15, 0.2) is 0 Å². The topological polar surface area (TPSA) is 119 Å². The molecular formula is C23H33N5O5. The Hall–Kier alpha value is -2.98. The molecule has 2 aromatic rings. The Balaban J connectivity index is 0.000000968. The van der Waals surface area contributed by atoms with Crippen molar-refractivity contribution in [2.45, 2.75) is 32.2 Å². The first-order chi connectivity index (χ1) is 15.9. The van der Waals surface area contributed by atoms with Crippen LogP contribution in [0.4, 0.5) is 0 Å². The molecule has 0 saturated carbocycles. The number of carbonyl (C=O) groups excluding carboxylic acids is 1. The standard InChI is InChI=1S/C22H31N5O3.CH2O2/c1-4-30-9-8-26-13-16-10-17(14-26)20(27-19(16)6-5-7-21(27)28)12-23-22(29)18-11-24-25(3)15(18)2;2-1-3/h5-7,11,16-17,20H,4,8-10,12-14H2,1-3H3,(H,23,29);1H,(H,2,3)/t16-,17+,20+;/m1./s1. The lowest BCUT2D eigenvalue weighted by Gasteiger charge is -2.47. The number of fused-ring (bicyclic) bond motifs is 4. The van der Waals surface area contributed by atoms with Gasteiger partial charge >= 0.3 is 0 Å². The third kappa shape index (κ3) is 5.51. The Morgan fingerprint density at radius 3 is 2.79 bits per heavy atom. The van der Waals surface area contributed by atoms with E-state index in [1.807, 2.05) is 31.5 Å². The minimum absolute atomic E-state index is 0.0155. The van der Waals surface area contributed by atoms with E-state index >= 15 is 0 Å². The fourth-order valence-electron chi connectivity index (χ4n) is 4.93. The highest BCUT2D eigenvalue weighted by molar-refractivity contribution is 5.95. The lowest BCUT2D eigenvalue weighted by Crippen LogP contribution is -2.52. The van der Waals surface area contributed by atoms with Crippen LogP contribution < -0.4 is 10.9 Å². The van der Waals surface area contributed by atoms with Gasteiger partial charge in [-0.1, -0.05) is 6.07 Å². The molecule has 4 rings (SSSR count). The zero-order valence-corrected chi connectivity index (χ0v) is 19.4. The summed E-state index contributed by atoms with van der Waals surface area (Å²) in [4.78, 5) is 36.3. The van der Waals surface area contributed by atoms with Crippen LogP contribution in [0, 0.1) is 12.8 Å². The van der Waals surface area contributed by atoms with Crippen molar-refractivity contribution in [1.82, 2.24) is 24.6 Å². The van der Waals surface area contributed by atoms with Crippen molar-refractivity contribution in [3.63, 3.8) is 0 Å². The van der Waals surface area contributed by atoms with E-state index in [4.69, 9.17) is 14.6 Å². The zero-order valence-electron chi connectivity index (χ0n) is 19.4. The predicted molar refractivity (Wildman–Crippen MR) is 122 cm³/mol. The van der Waals surface area contributed by atoms with Crippen molar-refractivity contribution in [2.24, 2.45) is 13.0 Å². The van der Waals surface area contributed by atoms with Gasteiger partial charge < -0.3 is 24.6 Å². The molecule has 0 radical (unpaired) electrons. The smallest absolute Gasteiger partial charge is 0.290 e. The number of nitrogens with zero attached hydrogens (tertiary/aromatic N) is 4. The maximum absolute atomic E-state index is 12.8. The number of likely N-dealkylation sites (tertiary alicyclic amines) is 1. The lowest BCUT2D eigenvalue weighted by atomic mass is 9.78. The molecule has 1 fully saturated rings. The molecule has 10 nitrogen and oxygen atoms in total. The van der Waals surface area contributed by atoms with Crippen molar-refractivity contribution in [2.75, 3.05) is 39.4 Å². The van der Waals surface area contributed by atoms with Crippen LogP contribution >= 0.6 is 0 Å². The van der Waals surface area contributed by atoms with Crippen LogP contribution in [0.3, 0.4) is 0 Å². The molecule has 33 heavy (non-hydrogen) atoms. The summed E-state index contributed by atoms with van der Waals surface area (Å²) in [7, 11) is 1.82. The maximum atomic E-state index is 12.8. The Morgan fingerprint density at radius 2 is 2.12 bits per heavy atom. The summed E-state index contributed by atoms with van der Waals surface area (Å²) in [5.74, 6) is 0.511. The molecule has 2 aliphatic heterocycles. The summed E-state index contributed by atoms with van der Waals surface area (Å²) in [6.07, 6.45) is 2.64. The van der Waals surface area contributed by atoms with Gasteiger partial charge in [-0.3, -0.25) is 19.1 Å². The third-order valence-corrected chi connectivity index (χ3v) is 6.58. The van der Waals surface area contributed by atoms with Crippen molar-refractivity contribution in [1.29, 1.82) is 0 Å². The minimum Gasteiger partial charge on any atom is -0.483 e. The van der Waals surface area contributed by atoms with E-state index < -0.39 is 0 Å². The number of pyridine rings is 1. The number of aromatic nitrogens is 3. The van der Waals surface area contributed by atoms with Gasteiger partial charge in [-0.15, -0.1) is 0 Å². The molecule has 180 valence electrons. The van der Waals surface area contributed by atoms with Gasteiger partial charge in [-0.05, 0) is 32.3 Å². The quantitative estimate of drug-likeness (QED) is 0.469. The molecule has 0 spiro atoms. The Morgan fingerprint density at radius 1 is 1.36 bits per heavy atom. The minimum atomic E-state index is -0.250. The molecule has 2 N–H and O–H groups in total. The first-order valence-corrected chi connectivity index (χ1v) is 11.3. The van der Waals surface area contributed by atoms with Crippen molar-refractivity contribution >= 4 is 12.4 Å². The average molecular weight is 460 g/mol. The van der Waals surface area contributed by atoms with Crippen LogP contribution in [0.2, 0.25) is 0 Å². The van der Waals surface area contributed by atoms with Crippen LogP contribution in [0.1, 0.15) is 47.1 Å². The van der Waals surface area contributed by atoms with Crippen LogP contribution in [-0.2, 0) is 16.6 Å². The summed E-state index contributed by atoms with van der Waals surface area (Å²) >= 11 is 0. The number of hydrogen-bond donors (Lipinski definition) is 2. The highest BCUT2D eigenvalue weighted by atomic mass is 16.5. The lowest BCUT2D eigenvalue weighted by molar-refractivity contribution is -0.122. The zero-order chi connectivity index (χ0) is 24.0. The largest absolute Gasteiger partial charge is 0.483 e. The Kier molecular flexibility index (Phi) is 8.40. The molecule has 0 aliphatic carbocycles. The van der Waals surface area contributed by atoms with E-state index in [1.54, 1.807) is 16.9 Å². The van der Waals surface area contributed by atoms with E-state index in [-0.39, 0.29) is 24.0 Å². The van der Waals surface area contributed by atoms with Crippen molar-refractivity contribution < 1.29 is 19.4 Å². The Bertz CT molecular complexity index is 1020. The molecular weight excluding hydrogens is 426 g/mol.